The standard InChI is InChI=1S/C8H6N2O4/c11-6(12)3-5-9-4-1-2-14-7(4)8(13)10-5/h1-2H,3H2,(H,11,12)(H,9,10,13). The van der Waals surface area contributed by atoms with Crippen molar-refractivity contribution >= 4 is 17.1 Å². The molecule has 14 heavy (non-hydrogen) atoms. The second-order valence-corrected chi connectivity index (χ2v) is 2.72. The summed E-state index contributed by atoms with van der Waals surface area (Å²) in [4.78, 5) is 27.9. The Bertz CT molecular complexity index is 540. The SMILES string of the molecule is O=C(O)Cc1nc2ccoc2c(=O)[nH]1. The summed E-state index contributed by atoms with van der Waals surface area (Å²) in [5, 5.41) is 8.50. The smallest absolute Gasteiger partial charge is 0.311 e. The Hall–Kier alpha value is -2.11. The van der Waals surface area contributed by atoms with E-state index in [4.69, 9.17) is 9.52 Å². The first-order valence-electron chi connectivity index (χ1n) is 3.85. The molecule has 0 amide bonds. The van der Waals surface area contributed by atoms with Gasteiger partial charge >= 0.3 is 5.97 Å². The number of aliphatic carboxylic acids is 1. The van der Waals surface area contributed by atoms with Crippen LogP contribution in [0.15, 0.2) is 21.5 Å². The summed E-state index contributed by atoms with van der Waals surface area (Å²) >= 11 is 0. The second kappa shape index (κ2) is 2.99. The molecule has 72 valence electrons. The van der Waals surface area contributed by atoms with Crippen LogP contribution in [0.2, 0.25) is 0 Å². The second-order valence-electron chi connectivity index (χ2n) is 2.72. The first-order chi connectivity index (χ1) is 6.66. The van der Waals surface area contributed by atoms with Gasteiger partial charge in [0.05, 0.1) is 6.26 Å². The van der Waals surface area contributed by atoms with E-state index in [2.05, 4.69) is 9.97 Å². The molecule has 0 saturated carbocycles. The Labute approximate surface area is 77.2 Å². The normalized spacial score (nSPS) is 10.6. The number of H-pyrrole nitrogens is 1. The van der Waals surface area contributed by atoms with Crippen LogP contribution < -0.4 is 5.56 Å². The molecule has 0 aliphatic carbocycles. The maximum Gasteiger partial charge on any atom is 0.311 e. The van der Waals surface area contributed by atoms with Gasteiger partial charge in [-0.2, -0.15) is 0 Å². The molecule has 2 aromatic heterocycles. The third kappa shape index (κ3) is 1.37. The van der Waals surface area contributed by atoms with Crippen molar-refractivity contribution in [2.45, 2.75) is 6.42 Å². The molecule has 6 nitrogen and oxygen atoms in total. The Morgan fingerprint density at radius 3 is 3.14 bits per heavy atom. The largest absolute Gasteiger partial charge is 0.481 e. The van der Waals surface area contributed by atoms with Crippen LogP contribution in [0.1, 0.15) is 5.82 Å². The fourth-order valence-corrected chi connectivity index (χ4v) is 1.15. The van der Waals surface area contributed by atoms with Crippen LogP contribution in [-0.4, -0.2) is 21.0 Å². The molecule has 2 aromatic rings. The first-order valence-corrected chi connectivity index (χ1v) is 3.85. The van der Waals surface area contributed by atoms with Crippen molar-refractivity contribution < 1.29 is 14.3 Å². The molecule has 2 heterocycles. The molecule has 0 saturated heterocycles. The minimum Gasteiger partial charge on any atom is -0.481 e. The predicted octanol–water partition coefficient (Wildman–Crippen LogP) is 0.143. The lowest BCUT2D eigenvalue weighted by Gasteiger charge is -1.95. The molecule has 0 bridgehead atoms. The van der Waals surface area contributed by atoms with E-state index in [0.29, 0.717) is 5.52 Å². The van der Waals surface area contributed by atoms with E-state index < -0.39 is 11.5 Å². The van der Waals surface area contributed by atoms with Crippen LogP contribution >= 0.6 is 0 Å². The van der Waals surface area contributed by atoms with Gasteiger partial charge in [0.1, 0.15) is 17.8 Å². The molecule has 0 aliphatic rings. The number of nitrogens with one attached hydrogen (secondary N) is 1. The number of hydrogen-bond acceptors (Lipinski definition) is 4. The molecule has 0 atom stereocenters. The monoisotopic (exact) mass is 194 g/mol. The molecule has 0 aromatic carbocycles. The maximum atomic E-state index is 11.3. The molecule has 0 radical (unpaired) electrons. The van der Waals surface area contributed by atoms with E-state index in [1.807, 2.05) is 0 Å². The Balaban J connectivity index is 2.58. The van der Waals surface area contributed by atoms with Crippen LogP contribution in [0.3, 0.4) is 0 Å². The van der Waals surface area contributed by atoms with Gasteiger partial charge < -0.3 is 14.5 Å². The van der Waals surface area contributed by atoms with Crippen molar-refractivity contribution in [3.8, 4) is 0 Å². The van der Waals surface area contributed by atoms with Gasteiger partial charge in [0.15, 0.2) is 0 Å². The average Bonchev–Trinajstić information content (AvgIpc) is 2.50. The van der Waals surface area contributed by atoms with Crippen molar-refractivity contribution in [2.24, 2.45) is 0 Å². The highest BCUT2D eigenvalue weighted by Crippen LogP contribution is 2.07. The van der Waals surface area contributed by atoms with Crippen molar-refractivity contribution in [2.75, 3.05) is 0 Å². The van der Waals surface area contributed by atoms with Gasteiger partial charge in [-0.25, -0.2) is 4.98 Å². The predicted molar refractivity (Wildman–Crippen MR) is 46.0 cm³/mol. The fourth-order valence-electron chi connectivity index (χ4n) is 1.15. The summed E-state index contributed by atoms with van der Waals surface area (Å²) in [6.45, 7) is 0. The highest BCUT2D eigenvalue weighted by Gasteiger charge is 2.08. The Morgan fingerprint density at radius 1 is 1.64 bits per heavy atom. The van der Waals surface area contributed by atoms with Gasteiger partial charge in [0, 0.05) is 6.07 Å². The van der Waals surface area contributed by atoms with Crippen LogP contribution in [-0.2, 0) is 11.2 Å². The van der Waals surface area contributed by atoms with E-state index in [0.717, 1.165) is 0 Å². The number of carboxylic acid groups (broad SMARTS) is 1. The van der Waals surface area contributed by atoms with Crippen LogP contribution in [0.5, 0.6) is 0 Å². The summed E-state index contributed by atoms with van der Waals surface area (Å²) in [5.41, 5.74) is 0.0142. The third-order valence-electron chi connectivity index (χ3n) is 1.68. The number of carboxylic acids is 1. The molecule has 0 spiro atoms. The fraction of sp³-hybridized carbons (Fsp3) is 0.125. The van der Waals surface area contributed by atoms with Crippen molar-refractivity contribution in [3.63, 3.8) is 0 Å². The highest BCUT2D eigenvalue weighted by molar-refractivity contribution is 5.73. The number of rotatable bonds is 2. The Morgan fingerprint density at radius 2 is 2.43 bits per heavy atom. The van der Waals surface area contributed by atoms with E-state index in [-0.39, 0.29) is 17.8 Å². The zero-order valence-electron chi connectivity index (χ0n) is 6.98. The lowest BCUT2D eigenvalue weighted by atomic mass is 10.4. The molecule has 6 heteroatoms. The molecule has 2 rings (SSSR count). The number of carbonyl (C=O) groups is 1. The zero-order chi connectivity index (χ0) is 10.1. The van der Waals surface area contributed by atoms with E-state index in [1.165, 1.54) is 12.3 Å². The lowest BCUT2D eigenvalue weighted by Crippen LogP contribution is -2.13. The van der Waals surface area contributed by atoms with Crippen LogP contribution in [0.25, 0.3) is 11.1 Å². The van der Waals surface area contributed by atoms with Gasteiger partial charge in [0.2, 0.25) is 5.58 Å². The molecule has 0 unspecified atom stereocenters. The molecular weight excluding hydrogens is 188 g/mol. The lowest BCUT2D eigenvalue weighted by molar-refractivity contribution is -0.136. The van der Waals surface area contributed by atoms with Crippen LogP contribution in [0, 0.1) is 0 Å². The topological polar surface area (TPSA) is 96.2 Å². The van der Waals surface area contributed by atoms with Gasteiger partial charge in [-0.3, -0.25) is 9.59 Å². The minimum atomic E-state index is -1.05. The van der Waals surface area contributed by atoms with Gasteiger partial charge in [0.25, 0.3) is 5.56 Å². The summed E-state index contributed by atoms with van der Waals surface area (Å²) in [6.07, 6.45) is 1.02. The minimum absolute atomic E-state index is 0.110. The number of hydrogen-bond donors (Lipinski definition) is 2. The average molecular weight is 194 g/mol. The van der Waals surface area contributed by atoms with Crippen molar-refractivity contribution in [3.05, 3.63) is 28.5 Å². The summed E-state index contributed by atoms with van der Waals surface area (Å²) < 4.78 is 4.85. The first kappa shape index (κ1) is 8.49. The number of furan rings is 1. The molecule has 0 fully saturated rings. The number of fused-ring (bicyclic) bond motifs is 1. The van der Waals surface area contributed by atoms with Gasteiger partial charge in [-0.1, -0.05) is 0 Å². The molecule has 0 aliphatic heterocycles. The highest BCUT2D eigenvalue weighted by atomic mass is 16.4. The number of aromatic nitrogens is 2. The van der Waals surface area contributed by atoms with E-state index >= 15 is 0 Å². The quantitative estimate of drug-likeness (QED) is 0.708. The van der Waals surface area contributed by atoms with Crippen LogP contribution in [0.4, 0.5) is 0 Å². The number of nitrogens with zero attached hydrogens (tertiary/aromatic N) is 1. The van der Waals surface area contributed by atoms with Gasteiger partial charge in [-0.05, 0) is 0 Å². The maximum absolute atomic E-state index is 11.3. The van der Waals surface area contributed by atoms with Crippen molar-refractivity contribution in [1.82, 2.24) is 9.97 Å². The van der Waals surface area contributed by atoms with E-state index in [9.17, 15) is 9.59 Å². The summed E-state index contributed by atoms with van der Waals surface area (Å²) in [5.74, 6) is -0.924. The number of aromatic amines is 1. The summed E-state index contributed by atoms with van der Waals surface area (Å²) in [7, 11) is 0. The third-order valence-corrected chi connectivity index (χ3v) is 1.68. The Kier molecular flexibility index (Phi) is 1.81. The van der Waals surface area contributed by atoms with E-state index in [1.54, 1.807) is 0 Å². The zero-order valence-corrected chi connectivity index (χ0v) is 6.98. The van der Waals surface area contributed by atoms with Crippen molar-refractivity contribution in [1.29, 1.82) is 0 Å². The van der Waals surface area contributed by atoms with Gasteiger partial charge in [-0.15, -0.1) is 0 Å². The molecule has 2 N–H and O–H groups in total. The molecular formula is C8H6N2O4. The summed E-state index contributed by atoms with van der Waals surface area (Å²) in [6, 6.07) is 1.51.